The zero-order valence-electron chi connectivity index (χ0n) is 16.7. The van der Waals surface area contributed by atoms with Crippen molar-refractivity contribution in [2.45, 2.75) is 19.3 Å². The number of ether oxygens (including phenoxy) is 3. The number of rotatable bonds is 7. The second-order valence-corrected chi connectivity index (χ2v) is 6.26. The van der Waals surface area contributed by atoms with Gasteiger partial charge in [-0.15, -0.1) is 0 Å². The van der Waals surface area contributed by atoms with Crippen molar-refractivity contribution in [3.05, 3.63) is 71.8 Å². The van der Waals surface area contributed by atoms with Crippen LogP contribution in [0.4, 0.5) is 0 Å². The van der Waals surface area contributed by atoms with E-state index in [4.69, 9.17) is 14.2 Å². The fourth-order valence-corrected chi connectivity index (χ4v) is 2.95. The third-order valence-corrected chi connectivity index (χ3v) is 4.31. The number of carbonyl (C=O) groups excluding carboxylic acids is 1. The lowest BCUT2D eigenvalue weighted by atomic mass is 9.96. The van der Waals surface area contributed by atoms with E-state index in [1.165, 1.54) is 14.2 Å². The van der Waals surface area contributed by atoms with Gasteiger partial charge in [0.15, 0.2) is 0 Å². The number of carbonyl (C=O) groups is 1. The van der Waals surface area contributed by atoms with Crippen molar-refractivity contribution < 1.29 is 19.0 Å². The Morgan fingerprint density at radius 3 is 2.52 bits per heavy atom. The molecule has 1 atom stereocenters. The summed E-state index contributed by atoms with van der Waals surface area (Å²) in [5.41, 5.74) is 1.52. The maximum Gasteiger partial charge on any atom is 0.285 e. The summed E-state index contributed by atoms with van der Waals surface area (Å²) in [6.07, 6.45) is 7.92. The highest BCUT2D eigenvalue weighted by Gasteiger charge is 2.23. The predicted molar refractivity (Wildman–Crippen MR) is 110 cm³/mol. The van der Waals surface area contributed by atoms with Gasteiger partial charge >= 0.3 is 0 Å². The van der Waals surface area contributed by atoms with Crippen LogP contribution in [0.5, 0.6) is 11.5 Å². The quantitative estimate of drug-likeness (QED) is 0.713. The molecule has 0 bridgehead atoms. The van der Waals surface area contributed by atoms with Crippen molar-refractivity contribution in [1.29, 1.82) is 0 Å². The molecule has 1 aliphatic rings. The van der Waals surface area contributed by atoms with Crippen LogP contribution in [0.2, 0.25) is 0 Å². The molecule has 1 amide bonds. The van der Waals surface area contributed by atoms with Crippen molar-refractivity contribution in [2.24, 2.45) is 4.99 Å². The molecule has 1 heterocycles. The first-order valence-electron chi connectivity index (χ1n) is 9.32. The highest BCUT2D eigenvalue weighted by atomic mass is 16.5. The molecule has 0 aliphatic heterocycles. The van der Waals surface area contributed by atoms with Crippen LogP contribution >= 0.6 is 0 Å². The maximum atomic E-state index is 12.9. The van der Waals surface area contributed by atoms with Crippen LogP contribution in [0.1, 0.15) is 35.3 Å². The summed E-state index contributed by atoms with van der Waals surface area (Å²) in [6, 6.07) is 8.86. The number of benzene rings is 1. The van der Waals surface area contributed by atoms with Gasteiger partial charge in [-0.25, -0.2) is 4.99 Å². The third kappa shape index (κ3) is 4.68. The number of hydrogen-bond acceptors (Lipinski definition) is 6. The summed E-state index contributed by atoms with van der Waals surface area (Å²) in [5.74, 6) is 0.853. The first kappa shape index (κ1) is 20.3. The highest BCUT2D eigenvalue weighted by Crippen LogP contribution is 2.31. The molecule has 0 radical (unpaired) electrons. The smallest absolute Gasteiger partial charge is 0.285 e. The molecule has 1 aliphatic carbocycles. The van der Waals surface area contributed by atoms with Crippen LogP contribution in [0.15, 0.2) is 65.5 Å². The average Bonchev–Trinajstić information content (AvgIpc) is 2.77. The lowest BCUT2D eigenvalue weighted by molar-refractivity contribution is 0.0997. The minimum absolute atomic E-state index is 0.176. The molecule has 1 aromatic heterocycles. The van der Waals surface area contributed by atoms with Gasteiger partial charge in [-0.1, -0.05) is 19.1 Å². The number of hydrogen-bond donors (Lipinski definition) is 0. The van der Waals surface area contributed by atoms with Crippen LogP contribution in [-0.2, 0) is 4.74 Å². The van der Waals surface area contributed by atoms with Gasteiger partial charge in [0.1, 0.15) is 22.8 Å². The summed E-state index contributed by atoms with van der Waals surface area (Å²) in [4.78, 5) is 17.1. The lowest BCUT2D eigenvalue weighted by Gasteiger charge is -2.20. The Bertz CT molecular complexity index is 930. The Balaban J connectivity index is 1.94. The molecule has 29 heavy (non-hydrogen) atoms. The van der Waals surface area contributed by atoms with Crippen molar-refractivity contribution in [3.8, 4) is 11.5 Å². The number of amides is 1. The largest absolute Gasteiger partial charge is 0.497 e. The zero-order chi connectivity index (χ0) is 20.6. The predicted octanol–water partition coefficient (Wildman–Crippen LogP) is 3.74. The van der Waals surface area contributed by atoms with E-state index in [-0.39, 0.29) is 11.5 Å². The first-order chi connectivity index (χ1) is 14.2. The average molecular weight is 393 g/mol. The molecule has 0 saturated carbocycles. The van der Waals surface area contributed by atoms with Crippen LogP contribution in [0.3, 0.4) is 0 Å². The Morgan fingerprint density at radius 2 is 1.90 bits per heavy atom. The van der Waals surface area contributed by atoms with Gasteiger partial charge < -0.3 is 14.2 Å². The summed E-state index contributed by atoms with van der Waals surface area (Å²) in [5, 5.41) is 8.12. The fourth-order valence-electron chi connectivity index (χ4n) is 2.95. The SMILES string of the molecule is CCCOC1=C/C(=N/C(=O)c2c(OC)cccc2OC)C=CC1c1cccnn1. The van der Waals surface area contributed by atoms with Crippen LogP contribution in [0.25, 0.3) is 0 Å². The van der Waals surface area contributed by atoms with E-state index >= 15 is 0 Å². The van der Waals surface area contributed by atoms with E-state index in [2.05, 4.69) is 15.2 Å². The molecule has 0 saturated heterocycles. The number of methoxy groups -OCH3 is 2. The lowest BCUT2D eigenvalue weighted by Crippen LogP contribution is -2.14. The van der Waals surface area contributed by atoms with Crippen molar-refractivity contribution in [2.75, 3.05) is 20.8 Å². The molecule has 0 N–H and O–H groups in total. The molecule has 150 valence electrons. The van der Waals surface area contributed by atoms with Gasteiger partial charge in [0.2, 0.25) is 0 Å². The van der Waals surface area contributed by atoms with Gasteiger partial charge in [-0.3, -0.25) is 4.79 Å². The maximum absolute atomic E-state index is 12.9. The standard InChI is InChI=1S/C22H23N3O4/c1-4-13-29-20-14-15(10-11-16(20)17-7-6-12-23-25-17)24-22(26)21-18(27-2)8-5-9-19(21)28-3/h5-12,14,16H,4,13H2,1-3H3/b24-15+. The monoisotopic (exact) mass is 393 g/mol. The van der Waals surface area contributed by atoms with Gasteiger partial charge in [0.25, 0.3) is 5.91 Å². The molecule has 3 rings (SSSR count). The normalized spacial score (nSPS) is 17.0. The first-order valence-corrected chi connectivity index (χ1v) is 9.32. The summed E-state index contributed by atoms with van der Waals surface area (Å²) in [6.45, 7) is 2.58. The summed E-state index contributed by atoms with van der Waals surface area (Å²) in [7, 11) is 3.00. The zero-order valence-corrected chi connectivity index (χ0v) is 16.7. The second-order valence-electron chi connectivity index (χ2n) is 6.26. The van der Waals surface area contributed by atoms with Crippen LogP contribution in [0, 0.1) is 0 Å². The topological polar surface area (TPSA) is 82.9 Å². The highest BCUT2D eigenvalue weighted by molar-refractivity contribution is 6.14. The van der Waals surface area contributed by atoms with E-state index in [1.807, 2.05) is 25.1 Å². The molecular weight excluding hydrogens is 370 g/mol. The third-order valence-electron chi connectivity index (χ3n) is 4.31. The molecule has 7 heteroatoms. The molecule has 2 aromatic rings. The van der Waals surface area contributed by atoms with Crippen LogP contribution in [-0.4, -0.2) is 42.6 Å². The molecular formula is C22H23N3O4. The van der Waals surface area contributed by atoms with E-state index in [9.17, 15) is 4.79 Å². The summed E-state index contributed by atoms with van der Waals surface area (Å²) >= 11 is 0. The van der Waals surface area contributed by atoms with Crippen molar-refractivity contribution >= 4 is 11.6 Å². The van der Waals surface area contributed by atoms with Gasteiger partial charge in [0.05, 0.1) is 38.1 Å². The second kappa shape index (κ2) is 9.64. The van der Waals surface area contributed by atoms with Crippen LogP contribution < -0.4 is 9.47 Å². The Labute approximate surface area is 169 Å². The minimum atomic E-state index is -0.456. The van der Waals surface area contributed by atoms with E-state index in [0.29, 0.717) is 29.6 Å². The van der Waals surface area contributed by atoms with Gasteiger partial charge in [-0.2, -0.15) is 10.2 Å². The molecule has 7 nitrogen and oxygen atoms in total. The van der Waals surface area contributed by atoms with Gasteiger partial charge in [0, 0.05) is 12.3 Å². The molecule has 1 aromatic carbocycles. The number of aliphatic imine (C=N–C) groups is 1. The van der Waals surface area contributed by atoms with E-state index in [1.54, 1.807) is 36.5 Å². The number of nitrogens with zero attached hydrogens (tertiary/aromatic N) is 3. The molecule has 0 spiro atoms. The Hall–Kier alpha value is -3.48. The van der Waals surface area contributed by atoms with E-state index in [0.717, 1.165) is 12.1 Å². The van der Waals surface area contributed by atoms with Crippen molar-refractivity contribution in [1.82, 2.24) is 10.2 Å². The van der Waals surface area contributed by atoms with Crippen molar-refractivity contribution in [3.63, 3.8) is 0 Å². The fraction of sp³-hybridized carbons (Fsp3) is 0.273. The molecule has 0 fully saturated rings. The number of aromatic nitrogens is 2. The minimum Gasteiger partial charge on any atom is -0.497 e. The molecule has 1 unspecified atom stereocenters. The van der Waals surface area contributed by atoms with E-state index < -0.39 is 5.91 Å². The Morgan fingerprint density at radius 1 is 1.14 bits per heavy atom. The Kier molecular flexibility index (Phi) is 6.73. The summed E-state index contributed by atoms with van der Waals surface area (Å²) < 4.78 is 16.5. The number of allylic oxidation sites excluding steroid dienone is 3. The van der Waals surface area contributed by atoms with Gasteiger partial charge in [-0.05, 0) is 36.8 Å².